The number of thiophene rings is 1. The van der Waals surface area contributed by atoms with Gasteiger partial charge in [-0.05, 0) is 74.0 Å². The molecule has 1 N–H and O–H groups in total. The lowest BCUT2D eigenvalue weighted by atomic mass is 9.97. The molecule has 0 saturated carbocycles. The van der Waals surface area contributed by atoms with Crippen molar-refractivity contribution in [2.24, 2.45) is 5.92 Å². The Balaban J connectivity index is 1.49. The van der Waals surface area contributed by atoms with Crippen LogP contribution in [0.5, 0.6) is 0 Å². The van der Waals surface area contributed by atoms with Crippen molar-refractivity contribution in [1.29, 1.82) is 0 Å². The minimum absolute atomic E-state index is 0.126. The third-order valence-electron chi connectivity index (χ3n) is 4.67. The first-order chi connectivity index (χ1) is 11.9. The number of halogens is 1. The standard InChI is InChI=1S/C18H23FN2O2S2/c1-14-11-17(4-5-18(14)19)25(22,23)20-12-15-6-8-21(9-7-15)13-16-3-2-10-24-16/h2-5,10-11,15,20H,6-9,12-13H2,1H3. The number of nitrogens with one attached hydrogen (secondary N) is 1. The first-order valence-corrected chi connectivity index (χ1v) is 10.8. The maximum absolute atomic E-state index is 13.3. The lowest BCUT2D eigenvalue weighted by Crippen LogP contribution is -2.38. The topological polar surface area (TPSA) is 49.4 Å². The van der Waals surface area contributed by atoms with Gasteiger partial charge in [-0.3, -0.25) is 4.90 Å². The summed E-state index contributed by atoms with van der Waals surface area (Å²) in [6.07, 6.45) is 1.96. The molecule has 25 heavy (non-hydrogen) atoms. The Morgan fingerprint density at radius 1 is 1.28 bits per heavy atom. The van der Waals surface area contributed by atoms with Crippen molar-refractivity contribution >= 4 is 21.4 Å². The van der Waals surface area contributed by atoms with Crippen LogP contribution in [0.2, 0.25) is 0 Å². The van der Waals surface area contributed by atoms with Gasteiger partial charge in [-0.1, -0.05) is 6.07 Å². The van der Waals surface area contributed by atoms with Crippen LogP contribution < -0.4 is 4.72 Å². The lowest BCUT2D eigenvalue weighted by Gasteiger charge is -2.31. The average molecular weight is 383 g/mol. The number of nitrogens with zero attached hydrogens (tertiary/aromatic N) is 1. The molecule has 2 aromatic rings. The molecule has 1 aliphatic rings. The fraction of sp³-hybridized carbons (Fsp3) is 0.444. The molecule has 1 aliphatic heterocycles. The van der Waals surface area contributed by atoms with Gasteiger partial charge in [-0.15, -0.1) is 11.3 Å². The Labute approximate surface area is 152 Å². The van der Waals surface area contributed by atoms with E-state index >= 15 is 0 Å². The highest BCUT2D eigenvalue weighted by atomic mass is 32.2. The van der Waals surface area contributed by atoms with Gasteiger partial charge in [-0.2, -0.15) is 0 Å². The average Bonchev–Trinajstić information content (AvgIpc) is 3.10. The van der Waals surface area contributed by atoms with Crippen LogP contribution in [0.4, 0.5) is 4.39 Å². The summed E-state index contributed by atoms with van der Waals surface area (Å²) in [5.41, 5.74) is 0.338. The summed E-state index contributed by atoms with van der Waals surface area (Å²) in [5, 5.41) is 2.09. The number of piperidine rings is 1. The Kier molecular flexibility index (Phi) is 5.89. The van der Waals surface area contributed by atoms with E-state index in [1.165, 1.54) is 23.1 Å². The normalized spacial score (nSPS) is 17.0. The molecule has 1 aromatic carbocycles. The molecule has 1 saturated heterocycles. The van der Waals surface area contributed by atoms with Crippen molar-refractivity contribution in [3.05, 3.63) is 52.0 Å². The molecule has 1 fully saturated rings. The highest BCUT2D eigenvalue weighted by molar-refractivity contribution is 7.89. The second kappa shape index (κ2) is 7.95. The van der Waals surface area contributed by atoms with Crippen molar-refractivity contribution in [3.63, 3.8) is 0 Å². The van der Waals surface area contributed by atoms with Crippen molar-refractivity contribution in [1.82, 2.24) is 9.62 Å². The second-order valence-corrected chi connectivity index (χ2v) is 9.36. The first-order valence-electron chi connectivity index (χ1n) is 8.44. The van der Waals surface area contributed by atoms with Crippen molar-refractivity contribution in [2.75, 3.05) is 19.6 Å². The largest absolute Gasteiger partial charge is 0.298 e. The zero-order chi connectivity index (χ0) is 17.9. The molecule has 0 spiro atoms. The molecule has 136 valence electrons. The van der Waals surface area contributed by atoms with Gasteiger partial charge in [0.1, 0.15) is 5.82 Å². The predicted octanol–water partition coefficient (Wildman–Crippen LogP) is 3.39. The van der Waals surface area contributed by atoms with Crippen LogP contribution >= 0.6 is 11.3 Å². The van der Waals surface area contributed by atoms with Crippen molar-refractivity contribution in [3.8, 4) is 0 Å². The number of aryl methyl sites for hydroxylation is 1. The van der Waals surface area contributed by atoms with Crippen LogP contribution in [0.3, 0.4) is 0 Å². The summed E-state index contributed by atoms with van der Waals surface area (Å²) in [4.78, 5) is 3.91. The minimum Gasteiger partial charge on any atom is -0.298 e. The molecule has 4 nitrogen and oxygen atoms in total. The predicted molar refractivity (Wildman–Crippen MR) is 98.6 cm³/mol. The van der Waals surface area contributed by atoms with Gasteiger partial charge < -0.3 is 0 Å². The van der Waals surface area contributed by atoms with E-state index in [2.05, 4.69) is 27.1 Å². The Morgan fingerprint density at radius 2 is 2.04 bits per heavy atom. The Bertz CT molecular complexity index is 798. The number of sulfonamides is 1. The molecule has 7 heteroatoms. The molecule has 0 aliphatic carbocycles. The van der Waals surface area contributed by atoms with Crippen LogP contribution in [0, 0.1) is 18.7 Å². The molecule has 0 radical (unpaired) electrons. The maximum atomic E-state index is 13.3. The Morgan fingerprint density at radius 3 is 2.68 bits per heavy atom. The fourth-order valence-corrected chi connectivity index (χ4v) is 5.01. The first kappa shape index (κ1) is 18.5. The molecule has 0 bridgehead atoms. The van der Waals surface area contributed by atoms with Crippen molar-refractivity contribution < 1.29 is 12.8 Å². The van der Waals surface area contributed by atoms with E-state index in [0.717, 1.165) is 32.5 Å². The van der Waals surface area contributed by atoms with Crippen LogP contribution in [-0.2, 0) is 16.6 Å². The highest BCUT2D eigenvalue weighted by Crippen LogP contribution is 2.21. The van der Waals surface area contributed by atoms with Gasteiger partial charge >= 0.3 is 0 Å². The number of hydrogen-bond donors (Lipinski definition) is 1. The molecule has 0 unspecified atom stereocenters. The molecule has 2 heterocycles. The van der Waals surface area contributed by atoms with Gasteiger partial charge in [0, 0.05) is 18.0 Å². The summed E-state index contributed by atoms with van der Waals surface area (Å²) in [6, 6.07) is 8.11. The fourth-order valence-electron chi connectivity index (χ4n) is 3.07. The zero-order valence-corrected chi connectivity index (χ0v) is 15.9. The smallest absolute Gasteiger partial charge is 0.240 e. The van der Waals surface area contributed by atoms with Gasteiger partial charge in [0.2, 0.25) is 10.0 Å². The monoisotopic (exact) mass is 382 g/mol. The van der Waals surface area contributed by atoms with E-state index in [1.54, 1.807) is 18.3 Å². The zero-order valence-electron chi connectivity index (χ0n) is 14.2. The maximum Gasteiger partial charge on any atom is 0.240 e. The molecular formula is C18H23FN2O2S2. The third kappa shape index (κ3) is 4.88. The highest BCUT2D eigenvalue weighted by Gasteiger charge is 2.22. The van der Waals surface area contributed by atoms with E-state index in [1.807, 2.05) is 0 Å². The van der Waals surface area contributed by atoms with E-state index in [9.17, 15) is 12.8 Å². The van der Waals surface area contributed by atoms with Crippen LogP contribution in [0.25, 0.3) is 0 Å². The van der Waals surface area contributed by atoms with E-state index in [-0.39, 0.29) is 4.90 Å². The van der Waals surface area contributed by atoms with Crippen LogP contribution in [0.1, 0.15) is 23.3 Å². The van der Waals surface area contributed by atoms with Gasteiger partial charge in [0.15, 0.2) is 0 Å². The molecule has 0 amide bonds. The summed E-state index contributed by atoms with van der Waals surface area (Å²) in [5.74, 6) is -0.0482. The molecule has 0 atom stereocenters. The van der Waals surface area contributed by atoms with Gasteiger partial charge in [0.05, 0.1) is 4.90 Å². The SMILES string of the molecule is Cc1cc(S(=O)(=O)NCC2CCN(Cc3cccs3)CC2)ccc1F. The number of hydrogen-bond acceptors (Lipinski definition) is 4. The van der Waals surface area contributed by atoms with Gasteiger partial charge in [0.25, 0.3) is 0 Å². The summed E-state index contributed by atoms with van der Waals surface area (Å²) in [6.45, 7) is 4.95. The van der Waals surface area contributed by atoms with E-state index in [0.29, 0.717) is 18.0 Å². The van der Waals surface area contributed by atoms with E-state index in [4.69, 9.17) is 0 Å². The third-order valence-corrected chi connectivity index (χ3v) is 6.95. The minimum atomic E-state index is -3.58. The lowest BCUT2D eigenvalue weighted by molar-refractivity contribution is 0.180. The van der Waals surface area contributed by atoms with Crippen LogP contribution in [0.15, 0.2) is 40.6 Å². The Hall–Kier alpha value is -1.28. The molecular weight excluding hydrogens is 359 g/mol. The second-order valence-electron chi connectivity index (χ2n) is 6.56. The van der Waals surface area contributed by atoms with Crippen molar-refractivity contribution in [2.45, 2.75) is 31.2 Å². The van der Waals surface area contributed by atoms with Crippen LogP contribution in [-0.4, -0.2) is 33.0 Å². The number of likely N-dealkylation sites (tertiary alicyclic amines) is 1. The summed E-state index contributed by atoms with van der Waals surface area (Å²) in [7, 11) is -3.58. The number of rotatable bonds is 6. The quantitative estimate of drug-likeness (QED) is 0.833. The summed E-state index contributed by atoms with van der Waals surface area (Å²) >= 11 is 1.77. The summed E-state index contributed by atoms with van der Waals surface area (Å²) < 4.78 is 40.7. The molecule has 3 rings (SSSR count). The number of benzene rings is 1. The van der Waals surface area contributed by atoms with E-state index < -0.39 is 15.8 Å². The molecule has 1 aromatic heterocycles. The van der Waals surface area contributed by atoms with Gasteiger partial charge in [-0.25, -0.2) is 17.5 Å².